The van der Waals surface area contributed by atoms with Crippen molar-refractivity contribution in [1.82, 2.24) is 10.3 Å². The molecule has 1 heterocycles. The Morgan fingerprint density at radius 2 is 2.18 bits per heavy atom. The van der Waals surface area contributed by atoms with Crippen molar-refractivity contribution < 1.29 is 18.3 Å². The minimum absolute atomic E-state index is 0.00521. The number of alkyl halides is 3. The molecule has 0 aliphatic heterocycles. The van der Waals surface area contributed by atoms with Gasteiger partial charge in [0.25, 0.3) is 0 Å². The first-order chi connectivity index (χ1) is 7.99. The Labute approximate surface area is 97.7 Å². The first-order valence-electron chi connectivity index (χ1n) is 5.34. The summed E-state index contributed by atoms with van der Waals surface area (Å²) < 4.78 is 37.9. The van der Waals surface area contributed by atoms with Gasteiger partial charge in [-0.05, 0) is 18.6 Å². The first kappa shape index (κ1) is 13.9. The van der Waals surface area contributed by atoms with Gasteiger partial charge in [-0.25, -0.2) is 0 Å². The second-order valence-electron chi connectivity index (χ2n) is 3.66. The second kappa shape index (κ2) is 5.97. The van der Waals surface area contributed by atoms with Crippen LogP contribution in [-0.4, -0.2) is 22.7 Å². The highest BCUT2D eigenvalue weighted by atomic mass is 19.4. The van der Waals surface area contributed by atoms with Gasteiger partial charge >= 0.3 is 6.18 Å². The van der Waals surface area contributed by atoms with E-state index in [0.717, 1.165) is 6.07 Å². The molecule has 1 aromatic heterocycles. The van der Waals surface area contributed by atoms with Crippen LogP contribution in [0.4, 0.5) is 13.2 Å². The van der Waals surface area contributed by atoms with Gasteiger partial charge in [-0.3, -0.25) is 4.98 Å². The minimum Gasteiger partial charge on any atom is -0.395 e. The van der Waals surface area contributed by atoms with Crippen LogP contribution in [0.1, 0.15) is 24.6 Å². The largest absolute Gasteiger partial charge is 0.418 e. The van der Waals surface area contributed by atoms with Gasteiger partial charge in [0.2, 0.25) is 0 Å². The molecule has 3 nitrogen and oxygen atoms in total. The summed E-state index contributed by atoms with van der Waals surface area (Å²) in [6.45, 7) is 1.73. The molecule has 0 fully saturated rings. The van der Waals surface area contributed by atoms with Gasteiger partial charge in [0.05, 0.1) is 17.9 Å². The summed E-state index contributed by atoms with van der Waals surface area (Å²) in [5.41, 5.74) is -0.785. The molecule has 1 rings (SSSR count). The van der Waals surface area contributed by atoms with Crippen LogP contribution in [-0.2, 0) is 12.7 Å². The third-order valence-electron chi connectivity index (χ3n) is 2.47. The number of rotatable bonds is 5. The molecule has 0 saturated heterocycles. The highest BCUT2D eigenvalue weighted by Gasteiger charge is 2.33. The van der Waals surface area contributed by atoms with E-state index in [1.165, 1.54) is 12.3 Å². The standard InChI is InChI=1S/C11H15F3N2O/c1-2-8(7-17)16-6-10-9(11(12,13)14)4-3-5-15-10/h3-5,8,16-17H,2,6-7H2,1H3. The Kier molecular flexibility index (Phi) is 4.89. The molecular weight excluding hydrogens is 233 g/mol. The molecule has 6 heteroatoms. The van der Waals surface area contributed by atoms with Crippen molar-refractivity contribution in [2.24, 2.45) is 0 Å². The van der Waals surface area contributed by atoms with Gasteiger partial charge in [0, 0.05) is 18.8 Å². The molecule has 0 amide bonds. The predicted octanol–water partition coefficient (Wildman–Crippen LogP) is 1.96. The lowest BCUT2D eigenvalue weighted by atomic mass is 10.1. The van der Waals surface area contributed by atoms with E-state index < -0.39 is 11.7 Å². The molecule has 96 valence electrons. The molecule has 1 aromatic rings. The molecule has 0 aliphatic rings. The Morgan fingerprint density at radius 1 is 1.47 bits per heavy atom. The average Bonchev–Trinajstić information content (AvgIpc) is 2.29. The molecule has 2 N–H and O–H groups in total. The van der Waals surface area contributed by atoms with Crippen LogP contribution in [0.2, 0.25) is 0 Å². The Morgan fingerprint density at radius 3 is 2.71 bits per heavy atom. The topological polar surface area (TPSA) is 45.1 Å². The van der Waals surface area contributed by atoms with Gasteiger partial charge in [0.15, 0.2) is 0 Å². The Balaban J connectivity index is 2.77. The van der Waals surface area contributed by atoms with E-state index in [1.54, 1.807) is 0 Å². The van der Waals surface area contributed by atoms with Crippen molar-refractivity contribution in [3.05, 3.63) is 29.6 Å². The molecule has 0 radical (unpaired) electrons. The lowest BCUT2D eigenvalue weighted by molar-refractivity contribution is -0.138. The second-order valence-corrected chi connectivity index (χ2v) is 3.66. The molecule has 0 aromatic carbocycles. The van der Waals surface area contributed by atoms with E-state index in [0.29, 0.717) is 6.42 Å². The lowest BCUT2D eigenvalue weighted by Gasteiger charge is -2.16. The van der Waals surface area contributed by atoms with E-state index in [2.05, 4.69) is 10.3 Å². The van der Waals surface area contributed by atoms with E-state index >= 15 is 0 Å². The van der Waals surface area contributed by atoms with Crippen molar-refractivity contribution in [1.29, 1.82) is 0 Å². The monoisotopic (exact) mass is 248 g/mol. The third-order valence-corrected chi connectivity index (χ3v) is 2.47. The number of pyridine rings is 1. The van der Waals surface area contributed by atoms with E-state index in [4.69, 9.17) is 5.11 Å². The quantitative estimate of drug-likeness (QED) is 0.837. The number of hydrogen-bond donors (Lipinski definition) is 2. The van der Waals surface area contributed by atoms with Gasteiger partial charge in [-0.15, -0.1) is 0 Å². The molecule has 0 spiro atoms. The van der Waals surface area contributed by atoms with Gasteiger partial charge < -0.3 is 10.4 Å². The number of halogens is 3. The van der Waals surface area contributed by atoms with Crippen molar-refractivity contribution in [2.45, 2.75) is 32.1 Å². The number of hydrogen-bond acceptors (Lipinski definition) is 3. The molecule has 1 atom stereocenters. The van der Waals surface area contributed by atoms with E-state index in [1.807, 2.05) is 6.92 Å². The summed E-state index contributed by atoms with van der Waals surface area (Å²) in [7, 11) is 0. The molecule has 0 aliphatic carbocycles. The maximum Gasteiger partial charge on any atom is 0.418 e. The summed E-state index contributed by atoms with van der Waals surface area (Å²) in [5.74, 6) is 0. The summed E-state index contributed by atoms with van der Waals surface area (Å²) in [5, 5.41) is 11.8. The highest BCUT2D eigenvalue weighted by molar-refractivity contribution is 5.22. The summed E-state index contributed by atoms with van der Waals surface area (Å²) in [6.07, 6.45) is -2.43. The van der Waals surface area contributed by atoms with Crippen molar-refractivity contribution in [3.8, 4) is 0 Å². The molecule has 0 bridgehead atoms. The number of aliphatic hydroxyl groups excluding tert-OH is 1. The van der Waals surface area contributed by atoms with Gasteiger partial charge in [-0.1, -0.05) is 6.92 Å². The molecule has 1 unspecified atom stereocenters. The van der Waals surface area contributed by atoms with Crippen LogP contribution in [0.15, 0.2) is 18.3 Å². The van der Waals surface area contributed by atoms with Gasteiger partial charge in [-0.2, -0.15) is 13.2 Å². The molecule has 17 heavy (non-hydrogen) atoms. The van der Waals surface area contributed by atoms with Crippen LogP contribution in [0.3, 0.4) is 0 Å². The molecule has 0 saturated carbocycles. The summed E-state index contributed by atoms with van der Waals surface area (Å²) in [4.78, 5) is 3.72. The zero-order valence-electron chi connectivity index (χ0n) is 9.46. The van der Waals surface area contributed by atoms with Crippen LogP contribution in [0, 0.1) is 0 Å². The normalized spacial score (nSPS) is 13.7. The predicted molar refractivity (Wildman–Crippen MR) is 57.2 cm³/mol. The van der Waals surface area contributed by atoms with Gasteiger partial charge in [0.1, 0.15) is 0 Å². The van der Waals surface area contributed by atoms with Crippen molar-refractivity contribution >= 4 is 0 Å². The van der Waals surface area contributed by atoms with Crippen LogP contribution in [0.5, 0.6) is 0 Å². The number of nitrogens with zero attached hydrogens (tertiary/aromatic N) is 1. The zero-order chi connectivity index (χ0) is 12.9. The Bertz CT molecular complexity index is 351. The van der Waals surface area contributed by atoms with Crippen LogP contribution in [0.25, 0.3) is 0 Å². The van der Waals surface area contributed by atoms with Crippen molar-refractivity contribution in [2.75, 3.05) is 6.61 Å². The van der Waals surface area contributed by atoms with Crippen LogP contribution < -0.4 is 5.32 Å². The number of aliphatic hydroxyl groups is 1. The third kappa shape index (κ3) is 3.98. The highest BCUT2D eigenvalue weighted by Crippen LogP contribution is 2.30. The fourth-order valence-corrected chi connectivity index (χ4v) is 1.42. The summed E-state index contributed by atoms with van der Waals surface area (Å²) >= 11 is 0. The number of aromatic nitrogens is 1. The minimum atomic E-state index is -4.40. The number of nitrogens with one attached hydrogen (secondary N) is 1. The smallest absolute Gasteiger partial charge is 0.395 e. The summed E-state index contributed by atoms with van der Waals surface area (Å²) in [6, 6.07) is 2.05. The first-order valence-corrected chi connectivity index (χ1v) is 5.34. The van der Waals surface area contributed by atoms with E-state index in [9.17, 15) is 13.2 Å². The average molecular weight is 248 g/mol. The molecular formula is C11H15F3N2O. The zero-order valence-corrected chi connectivity index (χ0v) is 9.46. The lowest BCUT2D eigenvalue weighted by Crippen LogP contribution is -2.32. The fourth-order valence-electron chi connectivity index (χ4n) is 1.42. The van der Waals surface area contributed by atoms with Crippen molar-refractivity contribution in [3.63, 3.8) is 0 Å². The Hall–Kier alpha value is -1.14. The fraction of sp³-hybridized carbons (Fsp3) is 0.545. The van der Waals surface area contributed by atoms with Crippen LogP contribution >= 0.6 is 0 Å². The maximum atomic E-state index is 12.6. The SMILES string of the molecule is CCC(CO)NCc1ncccc1C(F)(F)F. The van der Waals surface area contributed by atoms with E-state index in [-0.39, 0.29) is 24.9 Å². The maximum absolute atomic E-state index is 12.6.